The van der Waals surface area contributed by atoms with Gasteiger partial charge in [-0.1, -0.05) is 121 Å². The first kappa shape index (κ1) is 42.8. The molecule has 0 aliphatic rings. The van der Waals surface area contributed by atoms with E-state index >= 15 is 0 Å². The molecule has 0 atom stereocenters. The molecule has 2 aromatic heterocycles. The number of carbonyl (C=O) groups is 1. The van der Waals surface area contributed by atoms with Gasteiger partial charge in [-0.05, 0) is 33.9 Å². The van der Waals surface area contributed by atoms with Crippen molar-refractivity contribution in [3.05, 3.63) is 155 Å². The number of nitrogens with one attached hydrogen (secondary N) is 1. The van der Waals surface area contributed by atoms with Gasteiger partial charge in [-0.25, -0.2) is 14.1 Å². The van der Waals surface area contributed by atoms with Crippen LogP contribution in [0.4, 0.5) is 5.82 Å². The summed E-state index contributed by atoms with van der Waals surface area (Å²) in [6.45, 7) is -1.13. The maximum atomic E-state index is 14.1. The van der Waals surface area contributed by atoms with Crippen LogP contribution in [0.2, 0.25) is 5.28 Å². The van der Waals surface area contributed by atoms with Crippen LogP contribution in [0.5, 0.6) is 0 Å². The third kappa shape index (κ3) is 12.9. The van der Waals surface area contributed by atoms with E-state index in [2.05, 4.69) is 20.3 Å². The smallest absolute Gasteiger partial charge is 0.371 e. The summed E-state index contributed by atoms with van der Waals surface area (Å²) in [5, 5.41) is 2.89. The molecule has 18 heteroatoms. The molecule has 6 rings (SSSR count). The number of rotatable bonds is 23. The topological polar surface area (TPSA) is 165 Å². The monoisotopic (exact) mass is 848 g/mol. The Balaban J connectivity index is 1.18. The van der Waals surface area contributed by atoms with Crippen molar-refractivity contribution in [1.82, 2.24) is 24.4 Å². The highest BCUT2D eigenvalue weighted by Gasteiger charge is 2.30. The zero-order valence-corrected chi connectivity index (χ0v) is 34.2. The molecule has 6 aromatic rings. The number of phosphoric ester groups is 2. The highest BCUT2D eigenvalue weighted by Crippen LogP contribution is 2.52. The summed E-state index contributed by atoms with van der Waals surface area (Å²) in [4.78, 5) is 28.3. The number of hydrogen-bond donors (Lipinski definition) is 1. The first-order valence-electron chi connectivity index (χ1n) is 18.3. The SMILES string of the molecule is CNc1nc(Cl)nc2c1ncn2CC(=O)N(CCOP(=O)(OCc1ccccc1)OCc1ccccc1)CCOP(=O)(OCc1ccccc1)OCc1ccccc1. The quantitative estimate of drug-likeness (QED) is 0.0483. The number of anilines is 1. The summed E-state index contributed by atoms with van der Waals surface area (Å²) in [5.74, 6) is -0.0360. The van der Waals surface area contributed by atoms with E-state index in [-0.39, 0.29) is 64.6 Å². The van der Waals surface area contributed by atoms with Gasteiger partial charge in [0.05, 0.1) is 46.0 Å². The van der Waals surface area contributed by atoms with Crippen LogP contribution >= 0.6 is 27.2 Å². The molecule has 2 heterocycles. The zero-order valence-electron chi connectivity index (χ0n) is 31.7. The average Bonchev–Trinajstić information content (AvgIpc) is 3.66. The lowest BCUT2D eigenvalue weighted by molar-refractivity contribution is -0.132. The van der Waals surface area contributed by atoms with Crippen molar-refractivity contribution in [3.63, 3.8) is 0 Å². The van der Waals surface area contributed by atoms with Crippen LogP contribution in [0.25, 0.3) is 11.2 Å². The average molecular weight is 849 g/mol. The molecule has 0 saturated heterocycles. The molecule has 58 heavy (non-hydrogen) atoms. The normalized spacial score (nSPS) is 11.8. The Bertz CT molecular complexity index is 2090. The fourth-order valence-corrected chi connectivity index (χ4v) is 7.93. The molecule has 0 unspecified atom stereocenters. The minimum absolute atomic E-state index is 0.0341. The summed E-state index contributed by atoms with van der Waals surface area (Å²) in [7, 11) is -6.69. The Hall–Kier alpha value is -4.79. The fraction of sp³-hybridized carbons (Fsp3) is 0.250. The third-order valence-electron chi connectivity index (χ3n) is 8.48. The van der Waals surface area contributed by atoms with Crippen molar-refractivity contribution in [2.45, 2.75) is 33.0 Å². The number of imidazole rings is 1. The highest BCUT2D eigenvalue weighted by atomic mass is 35.5. The molecule has 0 saturated carbocycles. The van der Waals surface area contributed by atoms with E-state index < -0.39 is 21.6 Å². The van der Waals surface area contributed by atoms with Gasteiger partial charge in [-0.15, -0.1) is 0 Å². The number of carbonyl (C=O) groups excluding carboxylic acids is 1. The lowest BCUT2D eigenvalue weighted by Crippen LogP contribution is -2.38. The van der Waals surface area contributed by atoms with Crippen molar-refractivity contribution in [2.24, 2.45) is 0 Å². The van der Waals surface area contributed by atoms with Gasteiger partial charge in [-0.2, -0.15) is 9.97 Å². The van der Waals surface area contributed by atoms with Crippen LogP contribution in [0.1, 0.15) is 22.3 Å². The summed E-state index contributed by atoms with van der Waals surface area (Å²) in [5.41, 5.74) is 3.78. The second-order valence-corrected chi connectivity index (χ2v) is 16.3. The highest BCUT2D eigenvalue weighted by molar-refractivity contribution is 7.48. The standard InChI is InChI=1S/C40H43ClN6O9P2/c1-42-38-37-39(45-40(41)44-38)47(31-43-37)26-36(48)46(22-24-51-57(49,53-27-32-14-6-2-7-15-32)54-28-33-16-8-3-9-17-33)23-25-52-58(50,55-29-34-18-10-4-11-19-34)56-30-35-20-12-5-13-21-35/h2-21,31H,22-30H2,1H3,(H,42,44,45). The van der Waals surface area contributed by atoms with Gasteiger partial charge in [-0.3, -0.25) is 31.9 Å². The lowest BCUT2D eigenvalue weighted by Gasteiger charge is -2.25. The maximum Gasteiger partial charge on any atom is 0.475 e. The molecule has 15 nitrogen and oxygen atoms in total. The van der Waals surface area contributed by atoms with Crippen molar-refractivity contribution in [2.75, 3.05) is 38.7 Å². The number of fused-ring (bicyclic) bond motifs is 1. The zero-order chi connectivity index (χ0) is 40.6. The molecule has 0 fully saturated rings. The minimum atomic E-state index is -4.18. The third-order valence-corrected chi connectivity index (χ3v) is 11.4. The molecule has 4 aromatic carbocycles. The van der Waals surface area contributed by atoms with Crippen LogP contribution in [-0.4, -0.2) is 63.7 Å². The summed E-state index contributed by atoms with van der Waals surface area (Å²) in [6.07, 6.45) is 1.45. The molecule has 0 aliphatic heterocycles. The van der Waals surface area contributed by atoms with Gasteiger partial charge < -0.3 is 14.8 Å². The van der Waals surface area contributed by atoms with Gasteiger partial charge >= 0.3 is 15.6 Å². The fourth-order valence-electron chi connectivity index (χ4n) is 5.48. The van der Waals surface area contributed by atoms with Crippen LogP contribution in [0.3, 0.4) is 0 Å². The Kier molecular flexibility index (Phi) is 15.7. The van der Waals surface area contributed by atoms with E-state index in [1.165, 1.54) is 15.8 Å². The van der Waals surface area contributed by atoms with E-state index in [0.29, 0.717) is 17.0 Å². The number of amides is 1. The molecule has 0 aliphatic carbocycles. The van der Waals surface area contributed by atoms with E-state index in [4.69, 9.17) is 38.7 Å². The van der Waals surface area contributed by atoms with Crippen LogP contribution < -0.4 is 5.32 Å². The van der Waals surface area contributed by atoms with Crippen LogP contribution in [-0.2, 0) is 74.0 Å². The molecule has 0 bridgehead atoms. The summed E-state index contributed by atoms with van der Waals surface area (Å²) >= 11 is 6.18. The molecule has 1 N–H and O–H groups in total. The molecule has 1 amide bonds. The van der Waals surface area contributed by atoms with Crippen molar-refractivity contribution in [3.8, 4) is 0 Å². The molecular weight excluding hydrogens is 806 g/mol. The number of phosphoric acid groups is 2. The summed E-state index contributed by atoms with van der Waals surface area (Å²) < 4.78 is 64.3. The Morgan fingerprint density at radius 2 is 1.03 bits per heavy atom. The van der Waals surface area contributed by atoms with Crippen LogP contribution in [0.15, 0.2) is 128 Å². The predicted molar refractivity (Wildman–Crippen MR) is 219 cm³/mol. The van der Waals surface area contributed by atoms with Crippen molar-refractivity contribution in [1.29, 1.82) is 0 Å². The Labute approximate surface area is 341 Å². The number of hydrogen-bond acceptors (Lipinski definition) is 13. The van der Waals surface area contributed by atoms with Gasteiger partial charge in [0.1, 0.15) is 6.54 Å². The largest absolute Gasteiger partial charge is 0.475 e. The Morgan fingerprint density at radius 3 is 1.41 bits per heavy atom. The number of halogens is 1. The second kappa shape index (κ2) is 21.3. The molecular formula is C40H43ClN6O9P2. The summed E-state index contributed by atoms with van der Waals surface area (Å²) in [6, 6.07) is 36.7. The second-order valence-electron chi connectivity index (χ2n) is 12.6. The van der Waals surface area contributed by atoms with E-state index in [1.54, 1.807) is 7.05 Å². The molecule has 0 spiro atoms. The maximum absolute atomic E-state index is 14.1. The van der Waals surface area contributed by atoms with Gasteiger partial charge in [0.15, 0.2) is 17.0 Å². The first-order chi connectivity index (χ1) is 28.2. The van der Waals surface area contributed by atoms with Gasteiger partial charge in [0.2, 0.25) is 11.2 Å². The predicted octanol–water partition coefficient (Wildman–Crippen LogP) is 8.47. The number of benzene rings is 4. The number of aromatic nitrogens is 4. The van der Waals surface area contributed by atoms with E-state index in [9.17, 15) is 13.9 Å². The van der Waals surface area contributed by atoms with E-state index in [1.807, 2.05) is 121 Å². The van der Waals surface area contributed by atoms with Crippen molar-refractivity contribution < 1.29 is 41.1 Å². The van der Waals surface area contributed by atoms with Crippen molar-refractivity contribution >= 4 is 50.1 Å². The number of nitrogens with zero attached hydrogens (tertiary/aromatic N) is 5. The molecule has 0 radical (unpaired) electrons. The van der Waals surface area contributed by atoms with Gasteiger partial charge in [0.25, 0.3) is 0 Å². The molecule has 304 valence electrons. The van der Waals surface area contributed by atoms with Crippen LogP contribution in [0, 0.1) is 0 Å². The lowest BCUT2D eigenvalue weighted by atomic mass is 10.2. The van der Waals surface area contributed by atoms with E-state index in [0.717, 1.165) is 22.3 Å². The minimum Gasteiger partial charge on any atom is -0.371 e. The van der Waals surface area contributed by atoms with Gasteiger partial charge in [0, 0.05) is 20.1 Å². The first-order valence-corrected chi connectivity index (χ1v) is 21.6. The Morgan fingerprint density at radius 1 is 0.638 bits per heavy atom.